The normalized spacial score (nSPS) is 13.1. The van der Waals surface area contributed by atoms with E-state index in [4.69, 9.17) is 9.15 Å². The van der Waals surface area contributed by atoms with Crippen molar-refractivity contribution in [3.8, 4) is 0 Å². The summed E-state index contributed by atoms with van der Waals surface area (Å²) in [5, 5.41) is 6.40. The molecule has 1 atom stereocenters. The van der Waals surface area contributed by atoms with Gasteiger partial charge in [0.15, 0.2) is 5.96 Å². The molecule has 0 aliphatic heterocycles. The number of aromatic nitrogens is 1. The molecule has 2 aromatic heterocycles. The van der Waals surface area contributed by atoms with Crippen molar-refractivity contribution in [1.29, 1.82) is 0 Å². The van der Waals surface area contributed by atoms with Gasteiger partial charge in [0.25, 0.3) is 0 Å². The van der Waals surface area contributed by atoms with E-state index in [2.05, 4.69) is 25.6 Å². The lowest BCUT2D eigenvalue weighted by Crippen LogP contribution is -2.39. The lowest BCUT2D eigenvalue weighted by Gasteiger charge is -2.21. The highest BCUT2D eigenvalue weighted by Gasteiger charge is 2.12. The maximum absolute atomic E-state index is 5.33. The highest BCUT2D eigenvalue weighted by molar-refractivity contribution is 7.09. The summed E-state index contributed by atoms with van der Waals surface area (Å²) in [7, 11) is 5.48. The standard InChI is InChI=1S/C16H24N4O2S/c1-12(21-4)15-19-13(11-23-15)10-20(3)16(17-2)18-8-7-14-6-5-9-22-14/h5-6,9,11-12H,7-8,10H2,1-4H3,(H,17,18). The van der Waals surface area contributed by atoms with Crippen LogP contribution in [0.15, 0.2) is 33.2 Å². The third-order valence-electron chi connectivity index (χ3n) is 3.48. The zero-order valence-corrected chi connectivity index (χ0v) is 14.9. The van der Waals surface area contributed by atoms with Crippen LogP contribution in [0.2, 0.25) is 0 Å². The summed E-state index contributed by atoms with van der Waals surface area (Å²) in [6, 6.07) is 3.87. The average molecular weight is 336 g/mol. The lowest BCUT2D eigenvalue weighted by molar-refractivity contribution is 0.119. The molecule has 0 saturated carbocycles. The maximum Gasteiger partial charge on any atom is 0.193 e. The van der Waals surface area contributed by atoms with Gasteiger partial charge in [-0.25, -0.2) is 4.98 Å². The first-order valence-electron chi connectivity index (χ1n) is 7.55. The minimum Gasteiger partial charge on any atom is -0.469 e. The second kappa shape index (κ2) is 8.69. The number of hydrogen-bond acceptors (Lipinski definition) is 5. The summed E-state index contributed by atoms with van der Waals surface area (Å²) in [5.41, 5.74) is 1.02. The Morgan fingerprint density at radius 3 is 3.04 bits per heavy atom. The Morgan fingerprint density at radius 2 is 2.39 bits per heavy atom. The molecule has 0 fully saturated rings. The van der Waals surface area contributed by atoms with Gasteiger partial charge in [0, 0.05) is 39.6 Å². The van der Waals surface area contributed by atoms with Crippen molar-refractivity contribution in [1.82, 2.24) is 15.2 Å². The van der Waals surface area contributed by atoms with E-state index < -0.39 is 0 Å². The van der Waals surface area contributed by atoms with Crippen LogP contribution in [0.4, 0.5) is 0 Å². The zero-order valence-electron chi connectivity index (χ0n) is 14.1. The molecule has 7 heteroatoms. The summed E-state index contributed by atoms with van der Waals surface area (Å²) < 4.78 is 10.6. The van der Waals surface area contributed by atoms with Crippen molar-refractivity contribution in [2.75, 3.05) is 27.7 Å². The SMILES string of the molecule is CN=C(NCCc1ccco1)N(C)Cc1csc(C(C)OC)n1. The van der Waals surface area contributed by atoms with E-state index >= 15 is 0 Å². The van der Waals surface area contributed by atoms with Gasteiger partial charge in [0.05, 0.1) is 18.5 Å². The van der Waals surface area contributed by atoms with Gasteiger partial charge < -0.3 is 19.4 Å². The molecule has 0 saturated heterocycles. The number of thiazole rings is 1. The van der Waals surface area contributed by atoms with Crippen molar-refractivity contribution in [2.24, 2.45) is 4.99 Å². The minimum atomic E-state index is 0.0322. The van der Waals surface area contributed by atoms with Crippen molar-refractivity contribution < 1.29 is 9.15 Å². The third-order valence-corrected chi connectivity index (χ3v) is 4.53. The molecule has 1 unspecified atom stereocenters. The van der Waals surface area contributed by atoms with Crippen LogP contribution in [0.1, 0.15) is 29.5 Å². The van der Waals surface area contributed by atoms with Gasteiger partial charge in [0.1, 0.15) is 16.9 Å². The molecule has 6 nitrogen and oxygen atoms in total. The molecule has 0 aliphatic rings. The first-order chi connectivity index (χ1) is 11.1. The van der Waals surface area contributed by atoms with E-state index in [9.17, 15) is 0 Å². The average Bonchev–Trinajstić information content (AvgIpc) is 3.22. The topological polar surface area (TPSA) is 62.9 Å². The highest BCUT2D eigenvalue weighted by atomic mass is 32.1. The molecule has 23 heavy (non-hydrogen) atoms. The van der Waals surface area contributed by atoms with Crippen LogP contribution >= 0.6 is 11.3 Å². The molecule has 2 heterocycles. The van der Waals surface area contributed by atoms with E-state index in [-0.39, 0.29) is 6.10 Å². The van der Waals surface area contributed by atoms with Crippen LogP contribution in [0.25, 0.3) is 0 Å². The summed E-state index contributed by atoms with van der Waals surface area (Å²) in [5.74, 6) is 1.80. The monoisotopic (exact) mass is 336 g/mol. The van der Waals surface area contributed by atoms with Crippen molar-refractivity contribution in [3.05, 3.63) is 40.2 Å². The molecular weight excluding hydrogens is 312 g/mol. The molecule has 126 valence electrons. The molecule has 0 bridgehead atoms. The Labute approximate surface area is 141 Å². The van der Waals surface area contributed by atoms with Gasteiger partial charge in [-0.1, -0.05) is 0 Å². The minimum absolute atomic E-state index is 0.0322. The number of aliphatic imine (C=N–C) groups is 1. The molecule has 2 rings (SSSR count). The Morgan fingerprint density at radius 1 is 1.57 bits per heavy atom. The van der Waals surface area contributed by atoms with Crippen molar-refractivity contribution >= 4 is 17.3 Å². The Hall–Kier alpha value is -1.86. The fourth-order valence-electron chi connectivity index (χ4n) is 2.14. The van der Waals surface area contributed by atoms with Crippen molar-refractivity contribution in [2.45, 2.75) is 26.0 Å². The first kappa shape index (κ1) is 17.5. The Balaban J connectivity index is 1.84. The quantitative estimate of drug-likeness (QED) is 0.622. The largest absolute Gasteiger partial charge is 0.469 e. The number of nitrogens with one attached hydrogen (secondary N) is 1. The Kier molecular flexibility index (Phi) is 6.61. The number of rotatable bonds is 7. The number of furan rings is 1. The Bertz CT molecular complexity index is 609. The lowest BCUT2D eigenvalue weighted by atomic mass is 10.3. The zero-order chi connectivity index (χ0) is 16.7. The molecule has 0 aromatic carbocycles. The number of methoxy groups -OCH3 is 1. The molecule has 0 amide bonds. The number of nitrogens with zero attached hydrogens (tertiary/aromatic N) is 3. The van der Waals surface area contributed by atoms with Gasteiger partial charge in [0.2, 0.25) is 0 Å². The van der Waals surface area contributed by atoms with Crippen LogP contribution < -0.4 is 5.32 Å². The van der Waals surface area contributed by atoms with E-state index in [1.807, 2.05) is 26.1 Å². The fourth-order valence-corrected chi connectivity index (χ4v) is 2.98. The number of ether oxygens (including phenoxy) is 1. The number of guanidine groups is 1. The van der Waals surface area contributed by atoms with Gasteiger partial charge in [-0.15, -0.1) is 11.3 Å². The predicted octanol–water partition coefficient (Wildman–Crippen LogP) is 2.69. The van der Waals surface area contributed by atoms with E-state index in [1.54, 1.807) is 31.8 Å². The second-order valence-electron chi connectivity index (χ2n) is 5.21. The van der Waals surface area contributed by atoms with Crippen molar-refractivity contribution in [3.63, 3.8) is 0 Å². The van der Waals surface area contributed by atoms with Gasteiger partial charge in [-0.05, 0) is 19.1 Å². The molecule has 0 aliphatic carbocycles. The molecular formula is C16H24N4O2S. The summed E-state index contributed by atoms with van der Waals surface area (Å²) in [6.45, 7) is 3.47. The van der Waals surface area contributed by atoms with Crippen LogP contribution in [-0.4, -0.2) is 43.6 Å². The van der Waals surface area contributed by atoms with Crippen LogP contribution in [0, 0.1) is 0 Å². The second-order valence-corrected chi connectivity index (χ2v) is 6.10. The van der Waals surface area contributed by atoms with E-state index in [0.29, 0.717) is 6.54 Å². The van der Waals surface area contributed by atoms with E-state index in [1.165, 1.54) is 0 Å². The highest BCUT2D eigenvalue weighted by Crippen LogP contribution is 2.20. The van der Waals surface area contributed by atoms with Gasteiger partial charge in [-0.3, -0.25) is 4.99 Å². The molecule has 2 aromatic rings. The number of hydrogen-bond donors (Lipinski definition) is 1. The summed E-state index contributed by atoms with van der Waals surface area (Å²) >= 11 is 1.62. The first-order valence-corrected chi connectivity index (χ1v) is 8.43. The molecule has 0 radical (unpaired) electrons. The third kappa shape index (κ3) is 5.07. The summed E-state index contributed by atoms with van der Waals surface area (Å²) in [6.07, 6.45) is 2.55. The van der Waals surface area contributed by atoms with Gasteiger partial charge in [-0.2, -0.15) is 0 Å². The molecule has 0 spiro atoms. The fraction of sp³-hybridized carbons (Fsp3) is 0.500. The summed E-state index contributed by atoms with van der Waals surface area (Å²) in [4.78, 5) is 11.0. The smallest absolute Gasteiger partial charge is 0.193 e. The maximum atomic E-state index is 5.33. The van der Waals surface area contributed by atoms with Crippen LogP contribution in [0.5, 0.6) is 0 Å². The van der Waals surface area contributed by atoms with Crippen LogP contribution in [-0.2, 0) is 17.7 Å². The van der Waals surface area contributed by atoms with Crippen LogP contribution in [0.3, 0.4) is 0 Å². The predicted molar refractivity (Wildman–Crippen MR) is 92.8 cm³/mol. The van der Waals surface area contributed by atoms with Gasteiger partial charge >= 0.3 is 0 Å². The van der Waals surface area contributed by atoms with E-state index in [0.717, 1.165) is 35.4 Å². The molecule has 1 N–H and O–H groups in total.